The normalized spacial score (nSPS) is 19.4. The van der Waals surface area contributed by atoms with Gasteiger partial charge in [-0.1, -0.05) is 184 Å². The highest BCUT2D eigenvalue weighted by atomic mass is 15.3. The zero-order valence-electron chi connectivity index (χ0n) is 37.4. The predicted octanol–water partition coefficient (Wildman–Crippen LogP) is 17.9. The van der Waals surface area contributed by atoms with E-state index in [9.17, 15) is 0 Å². The lowest BCUT2D eigenvalue weighted by Gasteiger charge is -2.52. The highest BCUT2D eigenvalue weighted by Gasteiger charge is 2.59. The molecule has 0 N–H and O–H groups in total. The SMILES string of the molecule is CCC1CCC2(C)N(c3ccccc3)c3ccc(-c4cc(-c5cccc6ccccc56)c5ccc6c(-c7ccccc7)cc(-c7cccc8ccccc78)c7ccc4c5c67)cc3C2(C)C1. The number of hydrogen-bond acceptors (Lipinski definition) is 1. The average molecular weight is 834 g/mol. The summed E-state index contributed by atoms with van der Waals surface area (Å²) in [4.78, 5) is 2.71. The van der Waals surface area contributed by atoms with Gasteiger partial charge in [0.25, 0.3) is 0 Å². The van der Waals surface area contributed by atoms with E-state index in [1.54, 1.807) is 0 Å². The predicted molar refractivity (Wildman–Crippen MR) is 279 cm³/mol. The van der Waals surface area contributed by atoms with Gasteiger partial charge in [-0.2, -0.15) is 0 Å². The van der Waals surface area contributed by atoms with Crippen molar-refractivity contribution in [2.45, 2.75) is 57.4 Å². The summed E-state index contributed by atoms with van der Waals surface area (Å²) < 4.78 is 0. The van der Waals surface area contributed by atoms with Crippen LogP contribution in [0.15, 0.2) is 200 Å². The molecule has 0 bridgehead atoms. The molecule has 65 heavy (non-hydrogen) atoms. The minimum atomic E-state index is -0.0381. The monoisotopic (exact) mass is 833 g/mol. The van der Waals surface area contributed by atoms with Crippen molar-refractivity contribution in [3.63, 3.8) is 0 Å². The van der Waals surface area contributed by atoms with Crippen molar-refractivity contribution < 1.29 is 0 Å². The summed E-state index contributed by atoms with van der Waals surface area (Å²) in [5.41, 5.74) is 14.3. The van der Waals surface area contributed by atoms with Gasteiger partial charge in [-0.15, -0.1) is 0 Å². The van der Waals surface area contributed by atoms with E-state index in [1.165, 1.54) is 141 Å². The van der Waals surface area contributed by atoms with Gasteiger partial charge in [0.2, 0.25) is 0 Å². The molecular weight excluding hydrogens is 783 g/mol. The molecule has 1 aliphatic heterocycles. The lowest BCUT2D eigenvalue weighted by molar-refractivity contribution is 0.143. The van der Waals surface area contributed by atoms with Crippen LogP contribution in [0.1, 0.15) is 52.0 Å². The molecule has 2 aliphatic rings. The van der Waals surface area contributed by atoms with Gasteiger partial charge in [0.1, 0.15) is 0 Å². The first-order chi connectivity index (χ1) is 31.9. The fourth-order valence-corrected chi connectivity index (χ4v) is 12.8. The lowest BCUT2D eigenvalue weighted by Crippen LogP contribution is -2.56. The van der Waals surface area contributed by atoms with E-state index in [-0.39, 0.29) is 11.0 Å². The van der Waals surface area contributed by atoms with E-state index in [2.05, 4.69) is 226 Å². The van der Waals surface area contributed by atoms with E-state index in [0.717, 1.165) is 0 Å². The fraction of sp³-hybridized carbons (Fsp3) is 0.156. The van der Waals surface area contributed by atoms with Crippen LogP contribution in [0, 0.1) is 5.92 Å². The molecule has 312 valence electrons. The maximum Gasteiger partial charge on any atom is 0.0518 e. The first-order valence-electron chi connectivity index (χ1n) is 23.7. The molecule has 1 saturated carbocycles. The summed E-state index contributed by atoms with van der Waals surface area (Å²) in [6.45, 7) is 7.54. The molecule has 1 heterocycles. The fourth-order valence-electron chi connectivity index (χ4n) is 12.8. The van der Waals surface area contributed by atoms with E-state index in [1.807, 2.05) is 0 Å². The van der Waals surface area contributed by atoms with Crippen molar-refractivity contribution in [1.29, 1.82) is 0 Å². The molecule has 11 aromatic rings. The van der Waals surface area contributed by atoms with Gasteiger partial charge in [-0.25, -0.2) is 0 Å². The van der Waals surface area contributed by atoms with Gasteiger partial charge >= 0.3 is 0 Å². The molecule has 0 spiro atoms. The van der Waals surface area contributed by atoms with Gasteiger partial charge in [0, 0.05) is 16.8 Å². The number of hydrogen-bond donors (Lipinski definition) is 0. The third-order valence-corrected chi connectivity index (χ3v) is 16.3. The van der Waals surface area contributed by atoms with Gasteiger partial charge in [0.15, 0.2) is 0 Å². The first kappa shape index (κ1) is 38.3. The van der Waals surface area contributed by atoms with Crippen LogP contribution in [0.3, 0.4) is 0 Å². The Hall–Kier alpha value is -7.22. The number of rotatable bonds is 6. The highest BCUT2D eigenvalue weighted by Crippen LogP contribution is 2.63. The number of para-hydroxylation sites is 1. The summed E-state index contributed by atoms with van der Waals surface area (Å²) in [5, 5.41) is 12.9. The molecule has 0 amide bonds. The van der Waals surface area contributed by atoms with Crippen LogP contribution >= 0.6 is 0 Å². The van der Waals surface area contributed by atoms with Crippen molar-refractivity contribution >= 4 is 65.2 Å². The third-order valence-electron chi connectivity index (χ3n) is 16.3. The van der Waals surface area contributed by atoms with E-state index < -0.39 is 0 Å². The van der Waals surface area contributed by atoms with Crippen molar-refractivity contribution in [2.75, 3.05) is 4.90 Å². The summed E-state index contributed by atoms with van der Waals surface area (Å²) in [6, 6.07) is 75.8. The van der Waals surface area contributed by atoms with Gasteiger partial charge < -0.3 is 4.90 Å². The quantitative estimate of drug-likeness (QED) is 0.151. The Balaban J connectivity index is 1.15. The van der Waals surface area contributed by atoms with Crippen LogP contribution < -0.4 is 4.90 Å². The van der Waals surface area contributed by atoms with Crippen LogP contribution in [0.4, 0.5) is 11.4 Å². The van der Waals surface area contributed by atoms with Crippen molar-refractivity contribution in [1.82, 2.24) is 0 Å². The van der Waals surface area contributed by atoms with Crippen molar-refractivity contribution in [3.8, 4) is 44.5 Å². The molecular formula is C64H51N. The second-order valence-corrected chi connectivity index (χ2v) is 19.5. The smallest absolute Gasteiger partial charge is 0.0518 e. The maximum atomic E-state index is 2.71. The number of nitrogens with zero attached hydrogens (tertiary/aromatic N) is 1. The molecule has 0 radical (unpaired) electrons. The molecule has 0 aromatic heterocycles. The molecule has 1 fully saturated rings. The maximum absolute atomic E-state index is 2.71. The Bertz CT molecular complexity index is 3650. The summed E-state index contributed by atoms with van der Waals surface area (Å²) in [7, 11) is 0. The van der Waals surface area contributed by atoms with E-state index in [4.69, 9.17) is 0 Å². The standard InChI is InChI=1S/C64H51N/c1-4-41-35-36-64(3)63(2,40-41)59-37-45(29-34-60(59)65(64)46-23-9-6-10-24-46)56-39-58(50-28-16-22-43-20-12-14-26-48(43)50)54-32-30-51-55(44-17-7-5-8-18-44)38-57(53-33-31-52(56)62(54)61(51)53)49-27-15-21-42-19-11-13-25-47(42)49/h5-34,37-39,41H,4,35-36,40H2,1-3H3. The zero-order chi connectivity index (χ0) is 43.4. The Labute approximate surface area is 382 Å². The summed E-state index contributed by atoms with van der Waals surface area (Å²) in [5.74, 6) is 0.711. The average Bonchev–Trinajstić information content (AvgIpc) is 3.57. The van der Waals surface area contributed by atoms with Gasteiger partial charge in [-0.3, -0.25) is 0 Å². The Morgan fingerprint density at radius 3 is 1.54 bits per heavy atom. The molecule has 0 saturated heterocycles. The Morgan fingerprint density at radius 1 is 0.446 bits per heavy atom. The number of anilines is 2. The Morgan fingerprint density at radius 2 is 0.954 bits per heavy atom. The van der Waals surface area contributed by atoms with E-state index >= 15 is 0 Å². The van der Waals surface area contributed by atoms with Crippen LogP contribution in [0.2, 0.25) is 0 Å². The summed E-state index contributed by atoms with van der Waals surface area (Å²) in [6.07, 6.45) is 4.86. The molecule has 13 rings (SSSR count). The third kappa shape index (κ3) is 5.51. The molecule has 3 unspecified atom stereocenters. The van der Waals surface area contributed by atoms with E-state index in [0.29, 0.717) is 5.92 Å². The number of benzene rings is 11. The molecule has 11 aromatic carbocycles. The molecule has 1 nitrogen and oxygen atoms in total. The summed E-state index contributed by atoms with van der Waals surface area (Å²) >= 11 is 0. The lowest BCUT2D eigenvalue weighted by atomic mass is 9.58. The second-order valence-electron chi connectivity index (χ2n) is 19.5. The van der Waals surface area contributed by atoms with Gasteiger partial charge in [0.05, 0.1) is 5.54 Å². The van der Waals surface area contributed by atoms with Gasteiger partial charge in [-0.05, 0) is 172 Å². The molecule has 1 aliphatic carbocycles. The van der Waals surface area contributed by atoms with Crippen molar-refractivity contribution in [3.05, 3.63) is 206 Å². The van der Waals surface area contributed by atoms with Crippen LogP contribution in [0.25, 0.3) is 98.4 Å². The van der Waals surface area contributed by atoms with Crippen LogP contribution in [-0.2, 0) is 5.41 Å². The largest absolute Gasteiger partial charge is 0.334 e. The minimum Gasteiger partial charge on any atom is -0.334 e. The molecule has 1 heteroatoms. The number of fused-ring (bicyclic) bond motifs is 5. The minimum absolute atomic E-state index is 0.0205. The van der Waals surface area contributed by atoms with Crippen molar-refractivity contribution in [2.24, 2.45) is 5.92 Å². The Kier molecular flexibility index (Phi) is 8.47. The topological polar surface area (TPSA) is 3.24 Å². The zero-order valence-corrected chi connectivity index (χ0v) is 37.4. The second kappa shape index (κ2) is 14.4. The molecule has 3 atom stereocenters. The van der Waals surface area contributed by atoms with Crippen LogP contribution in [0.5, 0.6) is 0 Å². The first-order valence-corrected chi connectivity index (χ1v) is 23.7. The van der Waals surface area contributed by atoms with Crippen LogP contribution in [-0.4, -0.2) is 5.54 Å². The highest BCUT2D eigenvalue weighted by molar-refractivity contribution is 6.32.